The van der Waals surface area contributed by atoms with Crippen LogP contribution in [0.25, 0.3) is 0 Å². The lowest BCUT2D eigenvalue weighted by Gasteiger charge is -2.35. The summed E-state index contributed by atoms with van der Waals surface area (Å²) in [6.45, 7) is 8.58. The van der Waals surface area contributed by atoms with E-state index in [1.807, 2.05) is 0 Å². The van der Waals surface area contributed by atoms with Gasteiger partial charge in [0.05, 0.1) is 18.6 Å². The Labute approximate surface area is 93.8 Å². The molecule has 1 aliphatic heterocycles. The van der Waals surface area contributed by atoms with E-state index < -0.39 is 7.26 Å². The summed E-state index contributed by atoms with van der Waals surface area (Å²) in [4.78, 5) is 0. The molecule has 2 nitrogen and oxygen atoms in total. The zero-order chi connectivity index (χ0) is 10.2. The average molecular weight is 241 g/mol. The molecule has 2 unspecified atom stereocenters. The van der Waals surface area contributed by atoms with Gasteiger partial charge in [0.25, 0.3) is 0 Å². The second kappa shape index (κ2) is 5.12. The molecule has 1 heterocycles. The van der Waals surface area contributed by atoms with Crippen LogP contribution < -0.4 is 12.4 Å². The minimum atomic E-state index is -1.56. The Bertz CT molecular complexity index is 165. The number of aliphatic hydroxyl groups is 2. The molecule has 2 N–H and O–H groups in total. The normalized spacial score (nSPS) is 30.9. The summed E-state index contributed by atoms with van der Waals surface area (Å²) >= 11 is 0. The van der Waals surface area contributed by atoms with Crippen molar-refractivity contribution in [2.75, 3.05) is 0 Å². The Morgan fingerprint density at radius 1 is 0.929 bits per heavy atom. The van der Waals surface area contributed by atoms with Gasteiger partial charge in [0.2, 0.25) is 0 Å². The lowest BCUT2D eigenvalue weighted by atomic mass is 10.3. The first-order valence-corrected chi connectivity index (χ1v) is 7.24. The summed E-state index contributed by atoms with van der Waals surface area (Å²) in [6, 6.07) is 0. The van der Waals surface area contributed by atoms with Crippen molar-refractivity contribution in [3.63, 3.8) is 0 Å². The second-order valence-electron chi connectivity index (χ2n) is 4.62. The van der Waals surface area contributed by atoms with E-state index in [2.05, 4.69) is 27.7 Å². The molecule has 0 bridgehead atoms. The molecule has 0 aromatic rings. The molecule has 0 aliphatic carbocycles. The Kier molecular flexibility index (Phi) is 5.35. The molecule has 0 aromatic heterocycles. The Morgan fingerprint density at radius 3 is 1.36 bits per heavy atom. The summed E-state index contributed by atoms with van der Waals surface area (Å²) in [7, 11) is -1.56. The summed E-state index contributed by atoms with van der Waals surface area (Å²) < 4.78 is 0. The van der Waals surface area contributed by atoms with Crippen molar-refractivity contribution in [3.8, 4) is 0 Å². The zero-order valence-electron chi connectivity index (χ0n) is 9.44. The predicted molar refractivity (Wildman–Crippen MR) is 58.4 cm³/mol. The predicted octanol–water partition coefficient (Wildman–Crippen LogP) is -0.745. The second-order valence-corrected chi connectivity index (χ2v) is 9.67. The van der Waals surface area contributed by atoms with Gasteiger partial charge in [-0.25, -0.2) is 0 Å². The third kappa shape index (κ3) is 1.95. The minimum absolute atomic E-state index is 0. The first kappa shape index (κ1) is 14.6. The maximum atomic E-state index is 10.0. The number of rotatable bonds is 2. The fourth-order valence-electron chi connectivity index (χ4n) is 2.92. The van der Waals surface area contributed by atoms with Crippen molar-refractivity contribution < 1.29 is 22.6 Å². The lowest BCUT2D eigenvalue weighted by molar-refractivity contribution is -0.00000562. The summed E-state index contributed by atoms with van der Waals surface area (Å²) in [5.74, 6) is -0.440. The Balaban J connectivity index is 0.00000169. The highest BCUT2D eigenvalue weighted by Gasteiger charge is 2.60. The van der Waals surface area contributed by atoms with Gasteiger partial charge in [-0.05, 0) is 27.7 Å². The molecular formula is C10H22ClO2P. The third-order valence-electron chi connectivity index (χ3n) is 3.50. The van der Waals surface area contributed by atoms with Crippen LogP contribution in [0.15, 0.2) is 0 Å². The highest BCUT2D eigenvalue weighted by Crippen LogP contribution is 2.77. The molecule has 0 spiro atoms. The molecule has 0 aromatic carbocycles. The minimum Gasteiger partial charge on any atom is -1.00 e. The molecule has 86 valence electrons. The van der Waals surface area contributed by atoms with Crippen molar-refractivity contribution in [3.05, 3.63) is 0 Å². The maximum absolute atomic E-state index is 10.0. The molecule has 14 heavy (non-hydrogen) atoms. The van der Waals surface area contributed by atoms with Crippen LogP contribution in [0, 0.1) is 0 Å². The monoisotopic (exact) mass is 240 g/mol. The standard InChI is InChI=1S/C10H22O2P.ClH/c1-7(2)13(8(3)4)9(11)5-6-10(13)12;/h7-12H,5-6H2,1-4H3;1H/q+1;/p-1. The number of hydrogen-bond acceptors (Lipinski definition) is 2. The first-order chi connectivity index (χ1) is 5.94. The quantitative estimate of drug-likeness (QED) is 0.624. The molecule has 2 atom stereocenters. The zero-order valence-corrected chi connectivity index (χ0v) is 11.1. The van der Waals surface area contributed by atoms with Gasteiger partial charge < -0.3 is 22.6 Å². The van der Waals surface area contributed by atoms with E-state index in [1.165, 1.54) is 0 Å². The van der Waals surface area contributed by atoms with E-state index in [9.17, 15) is 10.2 Å². The maximum Gasteiger partial charge on any atom is 0.167 e. The van der Waals surface area contributed by atoms with Crippen molar-refractivity contribution in [2.45, 2.75) is 63.5 Å². The van der Waals surface area contributed by atoms with Crippen molar-refractivity contribution in [1.29, 1.82) is 0 Å². The van der Waals surface area contributed by atoms with Gasteiger partial charge >= 0.3 is 0 Å². The van der Waals surface area contributed by atoms with Gasteiger partial charge in [-0.1, -0.05) is 0 Å². The van der Waals surface area contributed by atoms with E-state index in [4.69, 9.17) is 0 Å². The highest BCUT2D eigenvalue weighted by molar-refractivity contribution is 7.78. The van der Waals surface area contributed by atoms with Gasteiger partial charge in [0.15, 0.2) is 11.7 Å². The molecule has 4 heteroatoms. The third-order valence-corrected chi connectivity index (χ3v) is 9.66. The van der Waals surface area contributed by atoms with Crippen LogP contribution in [-0.2, 0) is 0 Å². The van der Waals surface area contributed by atoms with Crippen LogP contribution in [0.5, 0.6) is 0 Å². The van der Waals surface area contributed by atoms with Crippen molar-refractivity contribution >= 4 is 7.26 Å². The lowest BCUT2D eigenvalue weighted by Crippen LogP contribution is -3.00. The Morgan fingerprint density at radius 2 is 1.21 bits per heavy atom. The molecule has 0 amide bonds. The van der Waals surface area contributed by atoms with Crippen LogP contribution in [0.2, 0.25) is 0 Å². The fourth-order valence-corrected chi connectivity index (χ4v) is 8.45. The van der Waals surface area contributed by atoms with Crippen LogP contribution >= 0.6 is 7.26 Å². The number of halogens is 1. The van der Waals surface area contributed by atoms with Gasteiger partial charge in [-0.15, -0.1) is 0 Å². The van der Waals surface area contributed by atoms with Gasteiger partial charge in [-0.3, -0.25) is 0 Å². The SMILES string of the molecule is CC(C)[P+]1(C(C)C)C(O)CCC1O.[Cl-]. The van der Waals surface area contributed by atoms with E-state index in [0.717, 1.165) is 12.8 Å². The molecular weight excluding hydrogens is 219 g/mol. The van der Waals surface area contributed by atoms with E-state index in [0.29, 0.717) is 11.3 Å². The van der Waals surface area contributed by atoms with Crippen molar-refractivity contribution in [1.82, 2.24) is 0 Å². The van der Waals surface area contributed by atoms with E-state index in [1.54, 1.807) is 0 Å². The first-order valence-electron chi connectivity index (χ1n) is 5.18. The molecule has 1 saturated heterocycles. The van der Waals surface area contributed by atoms with Crippen molar-refractivity contribution in [2.24, 2.45) is 0 Å². The van der Waals surface area contributed by atoms with E-state index in [-0.39, 0.29) is 24.1 Å². The summed E-state index contributed by atoms with van der Waals surface area (Å²) in [5.41, 5.74) is 0.889. The topological polar surface area (TPSA) is 40.5 Å². The molecule has 0 saturated carbocycles. The van der Waals surface area contributed by atoms with Crippen LogP contribution in [0.1, 0.15) is 40.5 Å². The van der Waals surface area contributed by atoms with Gasteiger partial charge in [0, 0.05) is 12.8 Å². The Hall–Kier alpha value is 0.640. The number of aliphatic hydroxyl groups excluding tert-OH is 2. The molecule has 1 fully saturated rings. The van der Waals surface area contributed by atoms with Crippen LogP contribution in [-0.4, -0.2) is 33.2 Å². The average Bonchev–Trinajstić information content (AvgIpc) is 2.27. The highest BCUT2D eigenvalue weighted by atomic mass is 35.5. The van der Waals surface area contributed by atoms with Crippen LogP contribution in [0.4, 0.5) is 0 Å². The molecule has 1 aliphatic rings. The smallest absolute Gasteiger partial charge is 0.167 e. The fraction of sp³-hybridized carbons (Fsp3) is 1.00. The summed E-state index contributed by atoms with van der Waals surface area (Å²) in [5, 5.41) is 20.1. The largest absolute Gasteiger partial charge is 1.00 e. The van der Waals surface area contributed by atoms with Gasteiger partial charge in [-0.2, -0.15) is 0 Å². The number of hydrogen-bond donors (Lipinski definition) is 2. The molecule has 0 radical (unpaired) electrons. The van der Waals surface area contributed by atoms with E-state index >= 15 is 0 Å². The van der Waals surface area contributed by atoms with Gasteiger partial charge in [0.1, 0.15) is 0 Å². The van der Waals surface area contributed by atoms with Crippen LogP contribution in [0.3, 0.4) is 0 Å². The summed E-state index contributed by atoms with van der Waals surface area (Å²) in [6.07, 6.45) is 1.59. The molecule has 1 rings (SSSR count).